The summed E-state index contributed by atoms with van der Waals surface area (Å²) in [6.07, 6.45) is 1.80. The normalized spacial score (nSPS) is 18.7. The third-order valence-corrected chi connectivity index (χ3v) is 4.46. The van der Waals surface area contributed by atoms with Crippen LogP contribution < -0.4 is 10.1 Å². The Hall–Kier alpha value is -1.11. The summed E-state index contributed by atoms with van der Waals surface area (Å²) in [4.78, 5) is 2.48. The van der Waals surface area contributed by atoms with Crippen LogP contribution in [0.3, 0.4) is 0 Å². The molecule has 1 atom stereocenters. The highest BCUT2D eigenvalue weighted by atomic mass is 16.5. The molecule has 1 fully saturated rings. The molecule has 21 heavy (non-hydrogen) atoms. The maximum Gasteiger partial charge on any atom is 0.161 e. The number of rotatable bonds is 6. The molecule has 1 unspecified atom stereocenters. The number of hydrogen-bond acceptors (Lipinski definition) is 5. The lowest BCUT2D eigenvalue weighted by Gasteiger charge is -2.45. The van der Waals surface area contributed by atoms with E-state index in [9.17, 15) is 0 Å². The Morgan fingerprint density at radius 2 is 2.10 bits per heavy atom. The van der Waals surface area contributed by atoms with Crippen molar-refractivity contribution in [3.8, 4) is 5.75 Å². The van der Waals surface area contributed by atoms with Gasteiger partial charge in [0.25, 0.3) is 0 Å². The predicted octanol–water partition coefficient (Wildman–Crippen LogP) is 1.28. The molecule has 1 aromatic heterocycles. The maximum absolute atomic E-state index is 5.53. The highest BCUT2D eigenvalue weighted by molar-refractivity contribution is 5.31. The van der Waals surface area contributed by atoms with Gasteiger partial charge in [-0.3, -0.25) is 9.58 Å². The van der Waals surface area contributed by atoms with E-state index in [1.54, 1.807) is 13.3 Å². The van der Waals surface area contributed by atoms with E-state index in [1.807, 2.05) is 11.7 Å². The number of morpholine rings is 1. The molecule has 2 rings (SSSR count). The van der Waals surface area contributed by atoms with Gasteiger partial charge in [0.05, 0.1) is 38.3 Å². The Morgan fingerprint density at radius 3 is 2.62 bits per heavy atom. The average molecular weight is 296 g/mol. The summed E-state index contributed by atoms with van der Waals surface area (Å²) < 4.78 is 13.0. The molecule has 6 nitrogen and oxygen atoms in total. The van der Waals surface area contributed by atoms with E-state index in [0.29, 0.717) is 0 Å². The molecule has 0 radical (unpaired) electrons. The van der Waals surface area contributed by atoms with Crippen molar-refractivity contribution < 1.29 is 9.47 Å². The van der Waals surface area contributed by atoms with Gasteiger partial charge in [-0.05, 0) is 27.8 Å². The molecule has 1 N–H and O–H groups in total. The van der Waals surface area contributed by atoms with Crippen LogP contribution in [0, 0.1) is 0 Å². The van der Waals surface area contributed by atoms with Crippen molar-refractivity contribution in [3.05, 3.63) is 11.9 Å². The van der Waals surface area contributed by atoms with Gasteiger partial charge in [0.15, 0.2) is 5.75 Å². The average Bonchev–Trinajstić information content (AvgIpc) is 2.91. The molecule has 2 heterocycles. The second kappa shape index (κ2) is 6.77. The molecule has 120 valence electrons. The van der Waals surface area contributed by atoms with Crippen LogP contribution in [0.5, 0.6) is 5.75 Å². The minimum Gasteiger partial charge on any atom is -0.493 e. The van der Waals surface area contributed by atoms with Gasteiger partial charge in [-0.25, -0.2) is 0 Å². The fraction of sp³-hybridized carbons (Fsp3) is 0.800. The smallest absolute Gasteiger partial charge is 0.161 e. The highest BCUT2D eigenvalue weighted by Gasteiger charge is 2.39. The molecule has 0 aliphatic carbocycles. The van der Waals surface area contributed by atoms with Crippen LogP contribution >= 0.6 is 0 Å². The van der Waals surface area contributed by atoms with Crippen molar-refractivity contribution in [2.24, 2.45) is 0 Å². The largest absolute Gasteiger partial charge is 0.493 e. The second-order valence-corrected chi connectivity index (χ2v) is 5.89. The molecule has 1 aromatic rings. The minimum absolute atomic E-state index is 0.0568. The van der Waals surface area contributed by atoms with Crippen LogP contribution in [0.15, 0.2) is 6.20 Å². The van der Waals surface area contributed by atoms with Gasteiger partial charge < -0.3 is 14.8 Å². The number of ether oxygens (including phenoxy) is 2. The van der Waals surface area contributed by atoms with Crippen LogP contribution in [0.2, 0.25) is 0 Å². The number of hydrogen-bond donors (Lipinski definition) is 1. The SMILES string of the molecule is CCn1ncc(OC)c1C(NC)C(C)(C)N1CCOCC1. The number of aromatic nitrogens is 2. The molecule has 6 heteroatoms. The van der Waals surface area contributed by atoms with Crippen LogP contribution in [-0.4, -0.2) is 60.7 Å². The van der Waals surface area contributed by atoms with Crippen molar-refractivity contribution in [1.29, 1.82) is 0 Å². The standard InChI is InChI=1S/C15H28N4O2/c1-6-19-13(12(20-5)11-17-19)14(16-4)15(2,3)18-7-9-21-10-8-18/h11,14,16H,6-10H2,1-5H3. The third kappa shape index (κ3) is 3.07. The molecule has 0 saturated carbocycles. The summed E-state index contributed by atoms with van der Waals surface area (Å²) in [5.74, 6) is 0.845. The van der Waals surface area contributed by atoms with Crippen LogP contribution in [-0.2, 0) is 11.3 Å². The Labute approximate surface area is 127 Å². The lowest BCUT2D eigenvalue weighted by molar-refractivity contribution is -0.0242. The molecule has 1 saturated heterocycles. The second-order valence-electron chi connectivity index (χ2n) is 5.89. The first-order valence-electron chi connectivity index (χ1n) is 7.66. The summed E-state index contributed by atoms with van der Waals surface area (Å²) in [5, 5.41) is 7.91. The summed E-state index contributed by atoms with van der Waals surface area (Å²) in [5.41, 5.74) is 1.05. The quantitative estimate of drug-likeness (QED) is 0.857. The van der Waals surface area contributed by atoms with E-state index in [1.165, 1.54) is 0 Å². The van der Waals surface area contributed by atoms with E-state index in [4.69, 9.17) is 9.47 Å². The van der Waals surface area contributed by atoms with E-state index in [2.05, 4.69) is 36.1 Å². The van der Waals surface area contributed by atoms with Crippen molar-refractivity contribution in [1.82, 2.24) is 20.0 Å². The Morgan fingerprint density at radius 1 is 1.43 bits per heavy atom. The topological polar surface area (TPSA) is 51.5 Å². The molecule has 0 amide bonds. The lowest BCUT2D eigenvalue weighted by atomic mass is 9.89. The number of likely N-dealkylation sites (N-methyl/N-ethyl adjacent to an activating group) is 1. The van der Waals surface area contributed by atoms with E-state index >= 15 is 0 Å². The zero-order chi connectivity index (χ0) is 15.5. The van der Waals surface area contributed by atoms with E-state index in [-0.39, 0.29) is 11.6 Å². The monoisotopic (exact) mass is 296 g/mol. The molecule has 0 bridgehead atoms. The highest BCUT2D eigenvalue weighted by Crippen LogP contribution is 2.36. The fourth-order valence-electron chi connectivity index (χ4n) is 3.22. The van der Waals surface area contributed by atoms with Crippen LogP contribution in [0.1, 0.15) is 32.5 Å². The van der Waals surface area contributed by atoms with Gasteiger partial charge in [0, 0.05) is 25.2 Å². The minimum atomic E-state index is -0.0568. The van der Waals surface area contributed by atoms with Crippen molar-refractivity contribution >= 4 is 0 Å². The Kier molecular flexibility index (Phi) is 5.24. The van der Waals surface area contributed by atoms with E-state index < -0.39 is 0 Å². The molecule has 1 aliphatic heterocycles. The van der Waals surface area contributed by atoms with Crippen LogP contribution in [0.4, 0.5) is 0 Å². The fourth-order valence-corrected chi connectivity index (χ4v) is 3.22. The summed E-state index contributed by atoms with van der Waals surface area (Å²) >= 11 is 0. The number of methoxy groups -OCH3 is 1. The van der Waals surface area contributed by atoms with Crippen molar-refractivity contribution in [3.63, 3.8) is 0 Å². The first kappa shape index (κ1) is 16.3. The molecule has 1 aliphatic rings. The lowest BCUT2D eigenvalue weighted by Crippen LogP contribution is -2.56. The molecule has 0 spiro atoms. The Balaban J connectivity index is 2.35. The van der Waals surface area contributed by atoms with Crippen molar-refractivity contribution in [2.45, 2.75) is 38.9 Å². The number of nitrogens with one attached hydrogen (secondary N) is 1. The van der Waals surface area contributed by atoms with Gasteiger partial charge in [-0.15, -0.1) is 0 Å². The van der Waals surface area contributed by atoms with Gasteiger partial charge in [-0.1, -0.05) is 0 Å². The van der Waals surface area contributed by atoms with Gasteiger partial charge in [0.2, 0.25) is 0 Å². The van der Waals surface area contributed by atoms with Crippen molar-refractivity contribution in [2.75, 3.05) is 40.5 Å². The predicted molar refractivity (Wildman–Crippen MR) is 82.7 cm³/mol. The first-order chi connectivity index (χ1) is 10.1. The molecular weight excluding hydrogens is 268 g/mol. The zero-order valence-corrected chi connectivity index (χ0v) is 13.8. The van der Waals surface area contributed by atoms with Gasteiger partial charge in [-0.2, -0.15) is 5.10 Å². The summed E-state index contributed by atoms with van der Waals surface area (Å²) in [6.45, 7) is 11.0. The third-order valence-electron chi connectivity index (χ3n) is 4.46. The summed E-state index contributed by atoms with van der Waals surface area (Å²) in [7, 11) is 3.70. The number of aryl methyl sites for hydroxylation is 1. The Bertz CT molecular complexity index is 431. The van der Waals surface area contributed by atoms with Crippen LogP contribution in [0.25, 0.3) is 0 Å². The summed E-state index contributed by atoms with van der Waals surface area (Å²) in [6, 6.07) is 0.132. The molecule has 0 aromatic carbocycles. The maximum atomic E-state index is 5.53. The van der Waals surface area contributed by atoms with Gasteiger partial charge >= 0.3 is 0 Å². The first-order valence-corrected chi connectivity index (χ1v) is 7.66. The van der Waals surface area contributed by atoms with E-state index in [0.717, 1.165) is 44.3 Å². The number of nitrogens with zero attached hydrogens (tertiary/aromatic N) is 3. The van der Waals surface area contributed by atoms with Gasteiger partial charge in [0.1, 0.15) is 0 Å². The molecular formula is C15H28N4O2. The zero-order valence-electron chi connectivity index (χ0n) is 13.8.